The van der Waals surface area contributed by atoms with Crippen molar-refractivity contribution in [1.82, 2.24) is 17.9 Å². The first kappa shape index (κ1) is 16.5. The Morgan fingerprint density at radius 2 is 1.92 bits per heavy atom. The lowest BCUT2D eigenvalue weighted by Crippen LogP contribution is -1.89. The maximum absolute atomic E-state index is 13.3. The van der Waals surface area contributed by atoms with Gasteiger partial charge in [-0.1, -0.05) is 11.6 Å². The molecule has 0 bridgehead atoms. The highest BCUT2D eigenvalue weighted by molar-refractivity contribution is 7.93. The number of ether oxygens (including phenoxy) is 1. The minimum Gasteiger partial charge on any atom is -0.496 e. The summed E-state index contributed by atoms with van der Waals surface area (Å²) in [4.78, 5) is 8.38. The van der Waals surface area contributed by atoms with Crippen molar-refractivity contribution in [3.63, 3.8) is 0 Å². The van der Waals surface area contributed by atoms with Crippen molar-refractivity contribution >= 4 is 58.3 Å². The van der Waals surface area contributed by atoms with Gasteiger partial charge < -0.3 is 4.74 Å². The number of fused-ring (bicyclic) bond motifs is 2. The first-order chi connectivity index (χ1) is 12.2. The number of pyridine rings is 1. The van der Waals surface area contributed by atoms with Gasteiger partial charge in [-0.15, -0.1) is 7.77 Å². The van der Waals surface area contributed by atoms with E-state index in [0.717, 1.165) is 0 Å². The van der Waals surface area contributed by atoms with Crippen molar-refractivity contribution in [2.75, 3.05) is 7.11 Å². The summed E-state index contributed by atoms with van der Waals surface area (Å²) in [5, 5.41) is 0.986. The number of aromatic nitrogens is 4. The molecule has 3 heterocycles. The third kappa shape index (κ3) is 2.62. The summed E-state index contributed by atoms with van der Waals surface area (Å²) in [5.74, 6) is 0.515. The molecule has 3 aromatic heterocycles. The monoisotopic (exact) mass is 398 g/mol. The molecule has 5 nitrogen and oxygen atoms in total. The molecule has 0 aliphatic heterocycles. The molecule has 0 saturated carbocycles. The van der Waals surface area contributed by atoms with E-state index in [4.69, 9.17) is 16.3 Å². The van der Waals surface area contributed by atoms with Gasteiger partial charge in [-0.25, -0.2) is 17.9 Å². The van der Waals surface area contributed by atoms with Crippen molar-refractivity contribution in [2.45, 2.75) is 0 Å². The second-order valence-corrected chi connectivity index (χ2v) is 6.57. The standard InChI is InChI=1S/C15H9ClF2N4OS2/c1-23-13-5-12-11(19-7-22(12)25-18)4-9(13)10-6-21(24-17)15-8(10)2-3-14(16)20-15/h2-7H,1H3. The van der Waals surface area contributed by atoms with E-state index in [1.165, 1.54) is 21.4 Å². The largest absolute Gasteiger partial charge is 0.496 e. The fourth-order valence-corrected chi connectivity index (χ4v) is 3.56. The summed E-state index contributed by atoms with van der Waals surface area (Å²) in [5.41, 5.74) is 2.99. The van der Waals surface area contributed by atoms with Gasteiger partial charge in [-0.2, -0.15) is 0 Å². The summed E-state index contributed by atoms with van der Waals surface area (Å²) in [6, 6.07) is 6.88. The molecule has 10 heteroatoms. The van der Waals surface area contributed by atoms with Crippen LogP contribution in [-0.4, -0.2) is 25.0 Å². The molecule has 0 spiro atoms. The topological polar surface area (TPSA) is 44.9 Å². The fraction of sp³-hybridized carbons (Fsp3) is 0.0667. The Bertz CT molecular complexity index is 1100. The fourth-order valence-electron chi connectivity index (χ4n) is 2.77. The third-order valence-corrected chi connectivity index (χ3v) is 4.94. The predicted octanol–water partition coefficient (Wildman–Crippen LogP) is 5.48. The van der Waals surface area contributed by atoms with Gasteiger partial charge in [0.2, 0.25) is 0 Å². The lowest BCUT2D eigenvalue weighted by atomic mass is 10.0. The zero-order chi connectivity index (χ0) is 17.6. The SMILES string of the molecule is COc1cc2c(cc1-c1cn(SF)c3nc(Cl)ccc13)ncn2SF. The van der Waals surface area contributed by atoms with Crippen LogP contribution in [-0.2, 0) is 0 Å². The second-order valence-electron chi connectivity index (χ2n) is 5.12. The maximum Gasteiger partial charge on any atom is 0.171 e. The van der Waals surface area contributed by atoms with E-state index < -0.39 is 0 Å². The smallest absolute Gasteiger partial charge is 0.171 e. The number of nitrogens with zero attached hydrogens (tertiary/aromatic N) is 4. The highest BCUT2D eigenvalue weighted by Gasteiger charge is 2.18. The molecule has 1 aromatic carbocycles. The predicted molar refractivity (Wildman–Crippen MR) is 98.2 cm³/mol. The minimum absolute atomic E-state index is 0.0294. The number of methoxy groups -OCH3 is 1. The highest BCUT2D eigenvalue weighted by atomic mass is 35.5. The average molecular weight is 399 g/mol. The van der Waals surface area contributed by atoms with Crippen molar-refractivity contribution in [1.29, 1.82) is 0 Å². The average Bonchev–Trinajstić information content (AvgIpc) is 3.20. The molecule has 0 amide bonds. The van der Waals surface area contributed by atoms with Crippen LogP contribution in [0.5, 0.6) is 5.75 Å². The van der Waals surface area contributed by atoms with Crippen molar-refractivity contribution in [2.24, 2.45) is 0 Å². The van der Waals surface area contributed by atoms with Crippen molar-refractivity contribution < 1.29 is 12.5 Å². The number of hydrogen-bond donors (Lipinski definition) is 0. The molecular formula is C15H9ClF2N4OS2. The van der Waals surface area contributed by atoms with Gasteiger partial charge in [-0.05, 0) is 18.2 Å². The Balaban J connectivity index is 2.02. The van der Waals surface area contributed by atoms with Crippen LogP contribution in [0.15, 0.2) is 36.8 Å². The molecule has 4 aromatic rings. The van der Waals surface area contributed by atoms with Crippen LogP contribution in [0.4, 0.5) is 7.77 Å². The molecule has 0 unspecified atom stereocenters. The summed E-state index contributed by atoms with van der Waals surface area (Å²) in [6.45, 7) is 0. The van der Waals surface area contributed by atoms with E-state index in [1.54, 1.807) is 30.5 Å². The first-order valence-corrected chi connectivity index (χ1v) is 8.70. The van der Waals surface area contributed by atoms with Gasteiger partial charge in [0.05, 0.1) is 18.1 Å². The van der Waals surface area contributed by atoms with Gasteiger partial charge in [0, 0.05) is 28.8 Å². The summed E-state index contributed by atoms with van der Waals surface area (Å²) >= 11 is 6.01. The maximum atomic E-state index is 13.3. The van der Waals surface area contributed by atoms with Crippen LogP contribution < -0.4 is 4.74 Å². The van der Waals surface area contributed by atoms with Crippen LogP contribution in [0, 0.1) is 0 Å². The van der Waals surface area contributed by atoms with E-state index in [1.807, 2.05) is 0 Å². The molecule has 0 fully saturated rings. The van der Waals surface area contributed by atoms with E-state index in [-0.39, 0.29) is 29.8 Å². The molecule has 128 valence electrons. The van der Waals surface area contributed by atoms with Gasteiger partial charge in [0.25, 0.3) is 0 Å². The molecule has 0 atom stereocenters. The van der Waals surface area contributed by atoms with Gasteiger partial charge in [-0.3, -0.25) is 0 Å². The molecule has 0 N–H and O–H groups in total. The summed E-state index contributed by atoms with van der Waals surface area (Å²) in [7, 11) is 1.52. The second kappa shape index (κ2) is 6.40. The molecule has 4 rings (SSSR count). The first-order valence-electron chi connectivity index (χ1n) is 6.97. The van der Waals surface area contributed by atoms with Gasteiger partial charge in [0.15, 0.2) is 30.3 Å². The quantitative estimate of drug-likeness (QED) is 0.426. The van der Waals surface area contributed by atoms with Crippen LogP contribution in [0.2, 0.25) is 5.15 Å². The van der Waals surface area contributed by atoms with Crippen LogP contribution >= 0.6 is 36.3 Å². The normalized spacial score (nSPS) is 11.5. The van der Waals surface area contributed by atoms with Crippen molar-refractivity contribution in [3.05, 3.63) is 41.9 Å². The lowest BCUT2D eigenvalue weighted by molar-refractivity contribution is 0.417. The van der Waals surface area contributed by atoms with Gasteiger partial charge in [0.1, 0.15) is 17.2 Å². The number of hydrogen-bond acceptors (Lipinski definition) is 5. The summed E-state index contributed by atoms with van der Waals surface area (Å²) < 4.78 is 34.3. The van der Waals surface area contributed by atoms with E-state index >= 15 is 0 Å². The molecule has 0 radical (unpaired) electrons. The molecule has 25 heavy (non-hydrogen) atoms. The van der Waals surface area contributed by atoms with Gasteiger partial charge >= 0.3 is 0 Å². The van der Waals surface area contributed by atoms with Crippen LogP contribution in [0.1, 0.15) is 0 Å². The molecule has 0 aliphatic rings. The molecule has 0 saturated heterocycles. The Kier molecular flexibility index (Phi) is 4.22. The Hall–Kier alpha value is -1.97. The van der Waals surface area contributed by atoms with Crippen LogP contribution in [0.3, 0.4) is 0 Å². The lowest BCUT2D eigenvalue weighted by Gasteiger charge is -2.08. The third-order valence-electron chi connectivity index (χ3n) is 3.86. The van der Waals surface area contributed by atoms with Crippen molar-refractivity contribution in [3.8, 4) is 16.9 Å². The number of imidazole rings is 1. The van der Waals surface area contributed by atoms with E-state index in [2.05, 4.69) is 9.97 Å². The zero-order valence-electron chi connectivity index (χ0n) is 12.6. The minimum atomic E-state index is 0.0294. The zero-order valence-corrected chi connectivity index (χ0v) is 15.0. The summed E-state index contributed by atoms with van der Waals surface area (Å²) in [6.07, 6.45) is 3.00. The number of benzene rings is 1. The Morgan fingerprint density at radius 1 is 1.12 bits per heavy atom. The highest BCUT2D eigenvalue weighted by Crippen LogP contribution is 2.40. The number of halogens is 3. The van der Waals surface area contributed by atoms with E-state index in [0.29, 0.717) is 38.9 Å². The molecular weight excluding hydrogens is 390 g/mol. The van der Waals surface area contributed by atoms with E-state index in [9.17, 15) is 7.77 Å². The number of rotatable bonds is 4. The molecule has 0 aliphatic carbocycles. The Morgan fingerprint density at radius 3 is 2.64 bits per heavy atom. The van der Waals surface area contributed by atoms with Crippen LogP contribution in [0.25, 0.3) is 33.2 Å². The Labute approximate surface area is 154 Å².